The molecule has 1 atom stereocenters. The van der Waals surface area contributed by atoms with Crippen LogP contribution in [0.2, 0.25) is 10.0 Å². The Kier molecular flexibility index (Phi) is 6.04. The van der Waals surface area contributed by atoms with Crippen molar-refractivity contribution in [1.82, 2.24) is 9.55 Å². The molecule has 2 aromatic carbocycles. The van der Waals surface area contributed by atoms with E-state index >= 15 is 0 Å². The summed E-state index contributed by atoms with van der Waals surface area (Å²) in [6, 6.07) is 15.5. The number of hydrogen-bond donors (Lipinski definition) is 0. The van der Waals surface area contributed by atoms with Gasteiger partial charge in [0.15, 0.2) is 0 Å². The lowest BCUT2D eigenvalue weighted by atomic mass is 10.1. The van der Waals surface area contributed by atoms with Crippen LogP contribution in [0.15, 0.2) is 61.2 Å². The van der Waals surface area contributed by atoms with Crippen LogP contribution >= 0.6 is 35.0 Å². The maximum absolute atomic E-state index is 8.99. The first-order chi connectivity index (χ1) is 12.2. The molecule has 0 radical (unpaired) electrons. The Balaban J connectivity index is 1.79. The number of imidazole rings is 1. The SMILES string of the molecule is N#Cc1ccc(C(Cn2ccnc2)SCc2ccc(Cl)cc2Cl)cc1. The van der Waals surface area contributed by atoms with E-state index in [0.29, 0.717) is 15.6 Å². The number of benzene rings is 2. The minimum atomic E-state index is 0.216. The predicted molar refractivity (Wildman–Crippen MR) is 104 cm³/mol. The number of nitrogens with zero attached hydrogens (tertiary/aromatic N) is 3. The lowest BCUT2D eigenvalue weighted by Gasteiger charge is -2.18. The van der Waals surface area contributed by atoms with Gasteiger partial charge in [-0.2, -0.15) is 5.26 Å². The molecule has 0 bridgehead atoms. The lowest BCUT2D eigenvalue weighted by molar-refractivity contribution is 0.683. The molecule has 6 heteroatoms. The molecular weight excluding hydrogens is 373 g/mol. The first kappa shape index (κ1) is 17.9. The van der Waals surface area contributed by atoms with E-state index < -0.39 is 0 Å². The van der Waals surface area contributed by atoms with Gasteiger partial charge in [-0.25, -0.2) is 4.98 Å². The van der Waals surface area contributed by atoms with E-state index in [2.05, 4.69) is 15.6 Å². The normalized spacial score (nSPS) is 11.9. The summed E-state index contributed by atoms with van der Waals surface area (Å²) in [6.45, 7) is 0.793. The number of rotatable bonds is 6. The Labute approximate surface area is 161 Å². The van der Waals surface area contributed by atoms with Crippen LogP contribution in [-0.2, 0) is 12.3 Å². The fourth-order valence-electron chi connectivity index (χ4n) is 2.44. The molecule has 25 heavy (non-hydrogen) atoms. The standard InChI is InChI=1S/C19H15Cl2N3S/c20-17-6-5-16(18(21)9-17)12-25-19(11-24-8-7-23-13-24)15-3-1-14(10-22)2-4-15/h1-9,13,19H,11-12H2. The third kappa shape index (κ3) is 4.79. The van der Waals surface area contributed by atoms with Crippen molar-refractivity contribution in [2.24, 2.45) is 0 Å². The van der Waals surface area contributed by atoms with Gasteiger partial charge in [-0.05, 0) is 35.4 Å². The molecule has 0 saturated heterocycles. The topological polar surface area (TPSA) is 41.6 Å². The second-order valence-electron chi connectivity index (χ2n) is 5.53. The summed E-state index contributed by atoms with van der Waals surface area (Å²) < 4.78 is 2.05. The van der Waals surface area contributed by atoms with Gasteiger partial charge >= 0.3 is 0 Å². The average Bonchev–Trinajstić information content (AvgIpc) is 3.13. The first-order valence-electron chi connectivity index (χ1n) is 7.67. The molecule has 0 amide bonds. The molecule has 0 spiro atoms. The minimum Gasteiger partial charge on any atom is -0.336 e. The van der Waals surface area contributed by atoms with Crippen molar-refractivity contribution in [3.8, 4) is 6.07 Å². The Morgan fingerprint density at radius 1 is 1.16 bits per heavy atom. The number of thioether (sulfide) groups is 1. The third-order valence-electron chi connectivity index (χ3n) is 3.80. The maximum atomic E-state index is 8.99. The average molecular weight is 388 g/mol. The number of aromatic nitrogens is 2. The van der Waals surface area contributed by atoms with Gasteiger partial charge in [0.25, 0.3) is 0 Å². The molecule has 3 nitrogen and oxygen atoms in total. The minimum absolute atomic E-state index is 0.216. The van der Waals surface area contributed by atoms with Gasteiger partial charge in [-0.3, -0.25) is 0 Å². The largest absolute Gasteiger partial charge is 0.336 e. The lowest BCUT2D eigenvalue weighted by Crippen LogP contribution is -2.05. The molecule has 0 saturated carbocycles. The smallest absolute Gasteiger partial charge is 0.0991 e. The highest BCUT2D eigenvalue weighted by Gasteiger charge is 2.14. The zero-order valence-corrected chi connectivity index (χ0v) is 15.6. The summed E-state index contributed by atoms with van der Waals surface area (Å²) in [4.78, 5) is 4.11. The van der Waals surface area contributed by atoms with E-state index in [4.69, 9.17) is 28.5 Å². The Morgan fingerprint density at radius 3 is 2.60 bits per heavy atom. The molecule has 126 valence electrons. The van der Waals surface area contributed by atoms with Crippen LogP contribution in [0.25, 0.3) is 0 Å². The van der Waals surface area contributed by atoms with Crippen molar-refractivity contribution in [1.29, 1.82) is 5.26 Å². The summed E-state index contributed by atoms with van der Waals surface area (Å²) in [7, 11) is 0. The molecule has 0 aliphatic heterocycles. The monoisotopic (exact) mass is 387 g/mol. The highest BCUT2D eigenvalue weighted by Crippen LogP contribution is 2.35. The molecule has 0 fully saturated rings. The molecule has 0 aliphatic carbocycles. The van der Waals surface area contributed by atoms with Crippen LogP contribution in [0.4, 0.5) is 0 Å². The van der Waals surface area contributed by atoms with Gasteiger partial charge < -0.3 is 4.57 Å². The second kappa shape index (κ2) is 8.44. The molecule has 3 rings (SSSR count). The zero-order chi connectivity index (χ0) is 17.6. The van der Waals surface area contributed by atoms with E-state index in [1.165, 1.54) is 5.56 Å². The van der Waals surface area contributed by atoms with Crippen molar-refractivity contribution in [3.05, 3.63) is 87.9 Å². The van der Waals surface area contributed by atoms with Gasteiger partial charge in [0.1, 0.15) is 0 Å². The quantitative estimate of drug-likeness (QED) is 0.541. The van der Waals surface area contributed by atoms with E-state index in [1.807, 2.05) is 48.9 Å². The highest BCUT2D eigenvalue weighted by atomic mass is 35.5. The third-order valence-corrected chi connectivity index (χ3v) is 5.69. The number of nitriles is 1. The van der Waals surface area contributed by atoms with Crippen molar-refractivity contribution < 1.29 is 0 Å². The Hall–Kier alpha value is -1.93. The van der Waals surface area contributed by atoms with E-state index in [1.54, 1.807) is 24.0 Å². The van der Waals surface area contributed by atoms with Crippen molar-refractivity contribution >= 4 is 35.0 Å². The fraction of sp³-hybridized carbons (Fsp3) is 0.158. The fourth-order valence-corrected chi connectivity index (χ4v) is 4.26. The highest BCUT2D eigenvalue weighted by molar-refractivity contribution is 7.98. The van der Waals surface area contributed by atoms with Crippen LogP contribution in [0, 0.1) is 11.3 Å². The van der Waals surface area contributed by atoms with Gasteiger partial charge in [-0.1, -0.05) is 41.4 Å². The Bertz CT molecular complexity index is 871. The van der Waals surface area contributed by atoms with Crippen LogP contribution in [-0.4, -0.2) is 9.55 Å². The van der Waals surface area contributed by atoms with Gasteiger partial charge in [0.05, 0.1) is 18.0 Å². The van der Waals surface area contributed by atoms with Crippen LogP contribution in [0.3, 0.4) is 0 Å². The first-order valence-corrected chi connectivity index (χ1v) is 9.47. The molecule has 0 aliphatic rings. The summed E-state index contributed by atoms with van der Waals surface area (Å²) in [5.74, 6) is 0.773. The maximum Gasteiger partial charge on any atom is 0.0991 e. The summed E-state index contributed by atoms with van der Waals surface area (Å²) >= 11 is 14.1. The van der Waals surface area contributed by atoms with E-state index in [-0.39, 0.29) is 5.25 Å². The number of hydrogen-bond acceptors (Lipinski definition) is 3. The van der Waals surface area contributed by atoms with Gasteiger partial charge in [-0.15, -0.1) is 11.8 Å². The van der Waals surface area contributed by atoms with E-state index in [9.17, 15) is 0 Å². The summed E-state index contributed by atoms with van der Waals surface area (Å²) in [5.41, 5.74) is 2.89. The predicted octanol–water partition coefficient (Wildman–Crippen LogP) is 5.74. The molecule has 0 N–H and O–H groups in total. The molecule has 1 heterocycles. The zero-order valence-electron chi connectivity index (χ0n) is 13.3. The second-order valence-corrected chi connectivity index (χ2v) is 7.56. The van der Waals surface area contributed by atoms with Gasteiger partial charge in [0, 0.05) is 40.0 Å². The molecule has 3 aromatic rings. The molecular formula is C19H15Cl2N3S. The molecule has 1 unspecified atom stereocenters. The number of halogens is 2. The van der Waals surface area contributed by atoms with Crippen molar-refractivity contribution in [2.75, 3.05) is 0 Å². The van der Waals surface area contributed by atoms with Crippen molar-refractivity contribution in [3.63, 3.8) is 0 Å². The van der Waals surface area contributed by atoms with Crippen molar-refractivity contribution in [2.45, 2.75) is 17.5 Å². The summed E-state index contributed by atoms with van der Waals surface area (Å²) in [6.07, 6.45) is 5.54. The van der Waals surface area contributed by atoms with Crippen LogP contribution < -0.4 is 0 Å². The van der Waals surface area contributed by atoms with Gasteiger partial charge in [0.2, 0.25) is 0 Å². The van der Waals surface area contributed by atoms with E-state index in [0.717, 1.165) is 17.9 Å². The van der Waals surface area contributed by atoms with Crippen LogP contribution in [0.1, 0.15) is 21.9 Å². The van der Waals surface area contributed by atoms with Crippen LogP contribution in [0.5, 0.6) is 0 Å². The Morgan fingerprint density at radius 2 is 1.96 bits per heavy atom. The summed E-state index contributed by atoms with van der Waals surface area (Å²) in [5, 5.41) is 10.5. The molecule has 1 aromatic heterocycles.